The lowest BCUT2D eigenvalue weighted by Crippen LogP contribution is -2.41. The summed E-state index contributed by atoms with van der Waals surface area (Å²) in [5, 5.41) is 12.1. The van der Waals surface area contributed by atoms with E-state index < -0.39 is 5.97 Å². The Labute approximate surface area is 115 Å². The molecule has 0 spiro atoms. The molecule has 0 aromatic rings. The molecular formula is C14H26N2O3. The molecule has 1 amide bonds. The highest BCUT2D eigenvalue weighted by atomic mass is 16.4. The van der Waals surface area contributed by atoms with E-state index in [0.29, 0.717) is 12.5 Å². The van der Waals surface area contributed by atoms with Gasteiger partial charge in [-0.05, 0) is 52.0 Å². The number of carboxylic acids is 1. The van der Waals surface area contributed by atoms with Crippen molar-refractivity contribution in [1.82, 2.24) is 10.2 Å². The number of aliphatic carboxylic acids is 1. The van der Waals surface area contributed by atoms with Crippen LogP contribution < -0.4 is 5.32 Å². The maximum Gasteiger partial charge on any atom is 0.306 e. The van der Waals surface area contributed by atoms with Crippen LogP contribution in [0.4, 0.5) is 0 Å². The van der Waals surface area contributed by atoms with Crippen LogP contribution in [0.15, 0.2) is 0 Å². The second kappa shape index (κ2) is 7.48. The highest BCUT2D eigenvalue weighted by Gasteiger charge is 2.25. The van der Waals surface area contributed by atoms with Crippen LogP contribution in [0.5, 0.6) is 0 Å². The summed E-state index contributed by atoms with van der Waals surface area (Å²) in [6.07, 6.45) is 3.42. The number of carbonyl (C=O) groups excluding carboxylic acids is 1. The van der Waals surface area contributed by atoms with Crippen molar-refractivity contribution in [2.45, 2.75) is 45.6 Å². The predicted molar refractivity (Wildman–Crippen MR) is 73.9 cm³/mol. The normalized spacial score (nSPS) is 23.4. The molecule has 110 valence electrons. The number of hydrogen-bond donors (Lipinski definition) is 2. The van der Waals surface area contributed by atoms with Gasteiger partial charge in [0.05, 0.1) is 12.5 Å². The summed E-state index contributed by atoms with van der Waals surface area (Å²) in [6.45, 7) is 5.16. The fraction of sp³-hybridized carbons (Fsp3) is 0.857. The average molecular weight is 270 g/mol. The third-order valence-electron chi connectivity index (χ3n) is 4.07. The highest BCUT2D eigenvalue weighted by molar-refractivity contribution is 5.78. The lowest BCUT2D eigenvalue weighted by molar-refractivity contribution is -0.143. The van der Waals surface area contributed by atoms with E-state index in [1.807, 2.05) is 20.9 Å². The van der Waals surface area contributed by atoms with Gasteiger partial charge < -0.3 is 15.3 Å². The molecule has 1 saturated carbocycles. The van der Waals surface area contributed by atoms with Crippen LogP contribution in [-0.4, -0.2) is 48.1 Å². The SMILES string of the molecule is CC(C)N(C)C(=O)CNCC1CCC(C(=O)O)CC1. The van der Waals surface area contributed by atoms with Gasteiger partial charge in [-0.1, -0.05) is 0 Å². The van der Waals surface area contributed by atoms with Gasteiger partial charge >= 0.3 is 5.97 Å². The second-order valence-corrected chi connectivity index (χ2v) is 5.79. The zero-order chi connectivity index (χ0) is 14.4. The number of nitrogens with one attached hydrogen (secondary N) is 1. The molecular weight excluding hydrogens is 244 g/mol. The van der Waals surface area contributed by atoms with Crippen LogP contribution in [0, 0.1) is 11.8 Å². The minimum absolute atomic E-state index is 0.106. The van der Waals surface area contributed by atoms with Crippen molar-refractivity contribution in [2.24, 2.45) is 11.8 Å². The molecule has 1 aliphatic rings. The maximum atomic E-state index is 11.8. The average Bonchev–Trinajstić information content (AvgIpc) is 2.38. The molecule has 0 heterocycles. The quantitative estimate of drug-likeness (QED) is 0.764. The Morgan fingerprint density at radius 1 is 1.26 bits per heavy atom. The fourth-order valence-electron chi connectivity index (χ4n) is 2.41. The van der Waals surface area contributed by atoms with Crippen molar-refractivity contribution in [1.29, 1.82) is 0 Å². The Morgan fingerprint density at radius 3 is 2.32 bits per heavy atom. The van der Waals surface area contributed by atoms with E-state index in [2.05, 4.69) is 5.32 Å². The number of carbonyl (C=O) groups is 2. The van der Waals surface area contributed by atoms with Gasteiger partial charge in [0.2, 0.25) is 5.91 Å². The Hall–Kier alpha value is -1.10. The largest absolute Gasteiger partial charge is 0.481 e. The molecule has 0 unspecified atom stereocenters. The van der Waals surface area contributed by atoms with Crippen molar-refractivity contribution in [3.8, 4) is 0 Å². The molecule has 2 N–H and O–H groups in total. The van der Waals surface area contributed by atoms with Gasteiger partial charge in [-0.2, -0.15) is 0 Å². The molecule has 0 atom stereocenters. The van der Waals surface area contributed by atoms with E-state index in [1.54, 1.807) is 4.90 Å². The van der Waals surface area contributed by atoms with E-state index in [4.69, 9.17) is 5.11 Å². The first-order chi connectivity index (χ1) is 8.91. The fourth-order valence-corrected chi connectivity index (χ4v) is 2.41. The minimum atomic E-state index is -0.667. The first-order valence-corrected chi connectivity index (χ1v) is 7.11. The Kier molecular flexibility index (Phi) is 6.28. The third kappa shape index (κ3) is 5.19. The van der Waals surface area contributed by atoms with Crippen molar-refractivity contribution in [3.63, 3.8) is 0 Å². The molecule has 0 aromatic heterocycles. The number of rotatable bonds is 6. The van der Waals surface area contributed by atoms with Crippen LogP contribution >= 0.6 is 0 Å². The van der Waals surface area contributed by atoms with Crippen molar-refractivity contribution in [3.05, 3.63) is 0 Å². The van der Waals surface area contributed by atoms with Gasteiger partial charge in [0, 0.05) is 13.1 Å². The van der Waals surface area contributed by atoms with E-state index in [0.717, 1.165) is 32.2 Å². The van der Waals surface area contributed by atoms with E-state index in [-0.39, 0.29) is 17.9 Å². The molecule has 0 radical (unpaired) electrons. The van der Waals surface area contributed by atoms with E-state index >= 15 is 0 Å². The zero-order valence-electron chi connectivity index (χ0n) is 12.2. The highest BCUT2D eigenvalue weighted by Crippen LogP contribution is 2.28. The first-order valence-electron chi connectivity index (χ1n) is 7.11. The van der Waals surface area contributed by atoms with Gasteiger partial charge in [0.25, 0.3) is 0 Å². The Morgan fingerprint density at radius 2 is 1.84 bits per heavy atom. The number of amides is 1. The Bertz CT molecular complexity index is 310. The summed E-state index contributed by atoms with van der Waals surface area (Å²) in [6, 6.07) is 0.223. The standard InChI is InChI=1S/C14H26N2O3/c1-10(2)16(3)13(17)9-15-8-11-4-6-12(7-5-11)14(18)19/h10-12,15H,4-9H2,1-3H3,(H,18,19). The number of likely N-dealkylation sites (N-methyl/N-ethyl adjacent to an activating group) is 1. The zero-order valence-corrected chi connectivity index (χ0v) is 12.2. The van der Waals surface area contributed by atoms with Gasteiger partial charge in [-0.15, -0.1) is 0 Å². The lowest BCUT2D eigenvalue weighted by Gasteiger charge is -2.27. The molecule has 0 bridgehead atoms. The number of carboxylic acid groups (broad SMARTS) is 1. The van der Waals surface area contributed by atoms with Crippen molar-refractivity contribution < 1.29 is 14.7 Å². The molecule has 19 heavy (non-hydrogen) atoms. The summed E-state index contributed by atoms with van der Waals surface area (Å²) in [4.78, 5) is 24.3. The van der Waals surface area contributed by atoms with Gasteiger partial charge in [0.15, 0.2) is 0 Å². The van der Waals surface area contributed by atoms with Crippen molar-refractivity contribution >= 4 is 11.9 Å². The van der Waals surface area contributed by atoms with Crippen molar-refractivity contribution in [2.75, 3.05) is 20.1 Å². The summed E-state index contributed by atoms with van der Waals surface area (Å²) in [7, 11) is 1.81. The summed E-state index contributed by atoms with van der Waals surface area (Å²) in [5.74, 6) is -0.216. The van der Waals surface area contributed by atoms with Gasteiger partial charge in [-0.25, -0.2) is 0 Å². The summed E-state index contributed by atoms with van der Waals surface area (Å²) >= 11 is 0. The first kappa shape index (κ1) is 16.0. The van der Waals surface area contributed by atoms with Gasteiger partial charge in [-0.3, -0.25) is 9.59 Å². The maximum absolute atomic E-state index is 11.8. The molecule has 5 heteroatoms. The topological polar surface area (TPSA) is 69.6 Å². The second-order valence-electron chi connectivity index (χ2n) is 5.79. The van der Waals surface area contributed by atoms with Crippen LogP contribution in [-0.2, 0) is 9.59 Å². The molecule has 1 fully saturated rings. The molecule has 0 aliphatic heterocycles. The minimum Gasteiger partial charge on any atom is -0.481 e. The monoisotopic (exact) mass is 270 g/mol. The molecule has 0 aromatic carbocycles. The van der Waals surface area contributed by atoms with E-state index in [9.17, 15) is 9.59 Å². The smallest absolute Gasteiger partial charge is 0.306 e. The van der Waals surface area contributed by atoms with Gasteiger partial charge in [0.1, 0.15) is 0 Å². The number of hydrogen-bond acceptors (Lipinski definition) is 3. The number of nitrogens with zero attached hydrogens (tertiary/aromatic N) is 1. The third-order valence-corrected chi connectivity index (χ3v) is 4.07. The summed E-state index contributed by atoms with van der Waals surface area (Å²) < 4.78 is 0. The molecule has 1 rings (SSSR count). The van der Waals surface area contributed by atoms with Crippen LogP contribution in [0.2, 0.25) is 0 Å². The molecule has 1 aliphatic carbocycles. The summed E-state index contributed by atoms with van der Waals surface area (Å²) in [5.41, 5.74) is 0. The molecule has 5 nitrogen and oxygen atoms in total. The Balaban J connectivity index is 2.18. The predicted octanol–water partition coefficient (Wildman–Crippen LogP) is 1.33. The van der Waals surface area contributed by atoms with Crippen LogP contribution in [0.25, 0.3) is 0 Å². The van der Waals surface area contributed by atoms with Crippen LogP contribution in [0.1, 0.15) is 39.5 Å². The molecule has 0 saturated heterocycles. The van der Waals surface area contributed by atoms with E-state index in [1.165, 1.54) is 0 Å². The lowest BCUT2D eigenvalue weighted by atomic mass is 9.82. The van der Waals surface area contributed by atoms with Crippen LogP contribution in [0.3, 0.4) is 0 Å².